The number of hydrogen-bond donors (Lipinski definition) is 1. The van der Waals surface area contributed by atoms with E-state index in [0.717, 1.165) is 48.2 Å². The van der Waals surface area contributed by atoms with Crippen molar-refractivity contribution in [2.75, 3.05) is 11.9 Å². The summed E-state index contributed by atoms with van der Waals surface area (Å²) in [7, 11) is 0. The third kappa shape index (κ3) is 2.75. The van der Waals surface area contributed by atoms with Crippen molar-refractivity contribution in [1.29, 1.82) is 0 Å². The minimum atomic E-state index is 0.766. The van der Waals surface area contributed by atoms with Crippen LogP contribution >= 0.6 is 0 Å². The summed E-state index contributed by atoms with van der Waals surface area (Å²) in [6, 6.07) is 0. The lowest BCUT2D eigenvalue weighted by Gasteiger charge is -2.13. The molecule has 1 N–H and O–H groups in total. The van der Waals surface area contributed by atoms with Crippen molar-refractivity contribution in [2.24, 2.45) is 0 Å². The van der Waals surface area contributed by atoms with Gasteiger partial charge in [-0.2, -0.15) is 0 Å². The monoisotopic (exact) mass is 259 g/mol. The Bertz CT molecular complexity index is 559. The summed E-state index contributed by atoms with van der Waals surface area (Å²) >= 11 is 0. The van der Waals surface area contributed by atoms with Gasteiger partial charge in [0.05, 0.1) is 0 Å². The Labute approximate surface area is 114 Å². The summed E-state index contributed by atoms with van der Waals surface area (Å²) in [5.74, 6) is 2.59. The first kappa shape index (κ1) is 13.5. The fraction of sp³-hybridized carbons (Fsp3) is 0.500. The van der Waals surface area contributed by atoms with Crippen LogP contribution < -0.4 is 5.32 Å². The zero-order valence-corrected chi connectivity index (χ0v) is 12.1. The van der Waals surface area contributed by atoms with Crippen molar-refractivity contribution < 1.29 is 0 Å². The van der Waals surface area contributed by atoms with Gasteiger partial charge in [-0.25, -0.2) is 15.0 Å². The van der Waals surface area contributed by atoms with Gasteiger partial charge >= 0.3 is 0 Å². The minimum Gasteiger partial charge on any atom is -0.370 e. The van der Waals surface area contributed by atoms with Crippen LogP contribution in [-0.4, -0.2) is 26.1 Å². The zero-order valence-electron chi connectivity index (χ0n) is 12.1. The van der Waals surface area contributed by atoms with Crippen LogP contribution in [0, 0.1) is 13.8 Å². The second-order valence-corrected chi connectivity index (χ2v) is 4.57. The molecular weight excluding hydrogens is 238 g/mol. The fourth-order valence-electron chi connectivity index (χ4n) is 2.13. The predicted molar refractivity (Wildman–Crippen MR) is 77.2 cm³/mol. The van der Waals surface area contributed by atoms with Crippen LogP contribution in [0.25, 0.3) is 11.5 Å². The molecule has 2 heterocycles. The molecule has 0 saturated carbocycles. The molecule has 2 aromatic rings. The topological polar surface area (TPSA) is 55.6 Å². The zero-order chi connectivity index (χ0) is 13.8. The van der Waals surface area contributed by atoms with E-state index in [2.05, 4.69) is 38.7 Å². The highest BCUT2D eigenvalue weighted by atomic mass is 15.1. The maximum atomic E-state index is 4.57. The van der Waals surface area contributed by atoms with Crippen LogP contribution in [0.3, 0.4) is 0 Å². The van der Waals surface area contributed by atoms with E-state index >= 15 is 0 Å². The van der Waals surface area contributed by atoms with Crippen molar-refractivity contribution in [3.8, 4) is 11.5 Å². The van der Waals surface area contributed by atoms with E-state index in [9.17, 15) is 0 Å². The smallest absolute Gasteiger partial charge is 0.159 e. The van der Waals surface area contributed by atoms with E-state index in [0.29, 0.717) is 0 Å². The first-order valence-electron chi connectivity index (χ1n) is 6.78. The van der Waals surface area contributed by atoms with E-state index < -0.39 is 0 Å². The van der Waals surface area contributed by atoms with Crippen LogP contribution in [-0.2, 0) is 6.54 Å². The summed E-state index contributed by atoms with van der Waals surface area (Å²) in [4.78, 5) is 13.5. The maximum absolute atomic E-state index is 4.57. The highest BCUT2D eigenvalue weighted by Crippen LogP contribution is 2.24. The number of aryl methyl sites for hydroxylation is 2. The quantitative estimate of drug-likeness (QED) is 0.897. The van der Waals surface area contributed by atoms with Crippen molar-refractivity contribution in [3.05, 3.63) is 23.8 Å². The highest BCUT2D eigenvalue weighted by molar-refractivity contribution is 5.63. The molecule has 0 spiro atoms. The van der Waals surface area contributed by atoms with Gasteiger partial charge in [0.2, 0.25) is 0 Å². The molecule has 5 heteroatoms. The van der Waals surface area contributed by atoms with E-state index in [-0.39, 0.29) is 0 Å². The average molecular weight is 259 g/mol. The molecule has 102 valence electrons. The number of aromatic nitrogens is 4. The van der Waals surface area contributed by atoms with E-state index in [1.807, 2.05) is 26.2 Å². The molecule has 0 radical (unpaired) electrons. The van der Waals surface area contributed by atoms with Crippen LogP contribution in [0.2, 0.25) is 0 Å². The average Bonchev–Trinajstić information content (AvgIpc) is 2.82. The number of imidazole rings is 1. The van der Waals surface area contributed by atoms with Gasteiger partial charge in [0, 0.05) is 31.0 Å². The lowest BCUT2D eigenvalue weighted by atomic mass is 10.2. The highest BCUT2D eigenvalue weighted by Gasteiger charge is 2.14. The second-order valence-electron chi connectivity index (χ2n) is 4.57. The van der Waals surface area contributed by atoms with Crippen LogP contribution in [0.15, 0.2) is 12.4 Å². The van der Waals surface area contributed by atoms with Crippen molar-refractivity contribution in [2.45, 2.75) is 40.7 Å². The Morgan fingerprint density at radius 3 is 2.68 bits per heavy atom. The fourth-order valence-corrected chi connectivity index (χ4v) is 2.13. The van der Waals surface area contributed by atoms with Crippen molar-refractivity contribution >= 4 is 5.82 Å². The van der Waals surface area contributed by atoms with Gasteiger partial charge in [0.1, 0.15) is 17.3 Å². The molecule has 19 heavy (non-hydrogen) atoms. The van der Waals surface area contributed by atoms with Crippen molar-refractivity contribution in [1.82, 2.24) is 19.5 Å². The molecule has 0 aliphatic rings. The standard InChI is InChI=1S/C14H21N5/c1-5-8-19-9-7-16-14(19)12-10(3)13(15-6-2)18-11(4)17-12/h7,9H,5-6,8H2,1-4H3,(H,15,17,18). The number of hydrogen-bond acceptors (Lipinski definition) is 4. The molecule has 0 bridgehead atoms. The third-order valence-electron chi connectivity index (χ3n) is 2.99. The Kier molecular flexibility index (Phi) is 4.14. The Balaban J connectivity index is 2.51. The largest absolute Gasteiger partial charge is 0.370 e. The first-order chi connectivity index (χ1) is 9.17. The molecule has 0 amide bonds. The van der Waals surface area contributed by atoms with E-state index in [1.165, 1.54) is 0 Å². The van der Waals surface area contributed by atoms with Gasteiger partial charge in [0.25, 0.3) is 0 Å². The predicted octanol–water partition coefficient (Wildman–Crippen LogP) is 2.80. The van der Waals surface area contributed by atoms with E-state index in [1.54, 1.807) is 0 Å². The molecule has 0 saturated heterocycles. The summed E-state index contributed by atoms with van der Waals surface area (Å²) in [6.45, 7) is 9.98. The Morgan fingerprint density at radius 1 is 1.21 bits per heavy atom. The number of rotatable bonds is 5. The molecule has 0 fully saturated rings. The SMILES string of the molecule is CCCn1ccnc1-c1nc(C)nc(NCC)c1C. The molecule has 2 rings (SSSR count). The molecule has 0 atom stereocenters. The molecule has 0 aliphatic heterocycles. The van der Waals surface area contributed by atoms with Gasteiger partial charge < -0.3 is 9.88 Å². The van der Waals surface area contributed by atoms with Crippen LogP contribution in [0.5, 0.6) is 0 Å². The normalized spacial score (nSPS) is 10.7. The van der Waals surface area contributed by atoms with Gasteiger partial charge in [0.15, 0.2) is 5.82 Å². The van der Waals surface area contributed by atoms with Crippen LogP contribution in [0.4, 0.5) is 5.82 Å². The summed E-state index contributed by atoms with van der Waals surface area (Å²) < 4.78 is 2.14. The first-order valence-corrected chi connectivity index (χ1v) is 6.78. The van der Waals surface area contributed by atoms with Gasteiger partial charge in [-0.05, 0) is 27.2 Å². The maximum Gasteiger partial charge on any atom is 0.159 e. The number of anilines is 1. The number of nitrogens with one attached hydrogen (secondary N) is 1. The number of nitrogens with zero attached hydrogens (tertiary/aromatic N) is 4. The van der Waals surface area contributed by atoms with E-state index in [4.69, 9.17) is 0 Å². The van der Waals surface area contributed by atoms with Crippen molar-refractivity contribution in [3.63, 3.8) is 0 Å². The second kappa shape index (κ2) is 5.82. The van der Waals surface area contributed by atoms with Gasteiger partial charge in [-0.3, -0.25) is 0 Å². The minimum absolute atomic E-state index is 0.766. The summed E-state index contributed by atoms with van der Waals surface area (Å²) in [5, 5.41) is 3.28. The summed E-state index contributed by atoms with van der Waals surface area (Å²) in [5.41, 5.74) is 1.97. The molecule has 2 aromatic heterocycles. The molecule has 5 nitrogen and oxygen atoms in total. The molecule has 0 aliphatic carbocycles. The lowest BCUT2D eigenvalue weighted by molar-refractivity contribution is 0.683. The summed E-state index contributed by atoms with van der Waals surface area (Å²) in [6.07, 6.45) is 4.91. The molecular formula is C14H21N5. The third-order valence-corrected chi connectivity index (χ3v) is 2.99. The lowest BCUT2D eigenvalue weighted by Crippen LogP contribution is -2.08. The molecule has 0 aromatic carbocycles. The van der Waals surface area contributed by atoms with Gasteiger partial charge in [-0.1, -0.05) is 6.92 Å². The van der Waals surface area contributed by atoms with Gasteiger partial charge in [-0.15, -0.1) is 0 Å². The Hall–Kier alpha value is -1.91. The Morgan fingerprint density at radius 2 is 2.00 bits per heavy atom. The van der Waals surface area contributed by atoms with Crippen LogP contribution in [0.1, 0.15) is 31.7 Å². The molecule has 0 unspecified atom stereocenters.